The van der Waals surface area contributed by atoms with Crippen LogP contribution >= 0.6 is 23.4 Å². The van der Waals surface area contributed by atoms with Crippen molar-refractivity contribution >= 4 is 29.1 Å². The molecule has 0 amide bonds. The van der Waals surface area contributed by atoms with Crippen LogP contribution in [0.5, 0.6) is 5.75 Å². The molecule has 0 aliphatic rings. The van der Waals surface area contributed by atoms with Crippen LogP contribution in [-0.4, -0.2) is 38.4 Å². The van der Waals surface area contributed by atoms with Crippen molar-refractivity contribution in [3.8, 4) is 11.4 Å². The molecule has 128 valence electrons. The number of nitrogens with zero attached hydrogens (tertiary/aromatic N) is 4. The van der Waals surface area contributed by atoms with Crippen molar-refractivity contribution < 1.29 is 9.53 Å². The van der Waals surface area contributed by atoms with Crippen molar-refractivity contribution in [3.63, 3.8) is 0 Å². The van der Waals surface area contributed by atoms with E-state index in [2.05, 4.69) is 15.5 Å². The van der Waals surface area contributed by atoms with Crippen molar-refractivity contribution in [3.05, 3.63) is 59.1 Å². The Kier molecular flexibility index (Phi) is 5.35. The Morgan fingerprint density at radius 1 is 1.24 bits per heavy atom. The van der Waals surface area contributed by atoms with Crippen LogP contribution in [0.25, 0.3) is 5.69 Å². The zero-order chi connectivity index (χ0) is 17.8. The highest BCUT2D eigenvalue weighted by Gasteiger charge is 2.20. The van der Waals surface area contributed by atoms with E-state index in [1.807, 2.05) is 31.2 Å². The van der Waals surface area contributed by atoms with Crippen LogP contribution in [-0.2, 0) is 0 Å². The maximum Gasteiger partial charge on any atom is 0.214 e. The lowest BCUT2D eigenvalue weighted by molar-refractivity contribution is 0.0994. The summed E-state index contributed by atoms with van der Waals surface area (Å²) < 4.78 is 6.74. The fourth-order valence-corrected chi connectivity index (χ4v) is 3.30. The first-order valence-corrected chi connectivity index (χ1v) is 8.73. The highest BCUT2D eigenvalue weighted by Crippen LogP contribution is 2.26. The summed E-state index contributed by atoms with van der Waals surface area (Å²) in [6.45, 7) is 1.82. The molecule has 0 radical (unpaired) electrons. The second kappa shape index (κ2) is 7.67. The van der Waals surface area contributed by atoms with E-state index >= 15 is 0 Å². The van der Waals surface area contributed by atoms with Crippen LogP contribution in [0.3, 0.4) is 0 Å². The van der Waals surface area contributed by atoms with Crippen molar-refractivity contribution in [1.29, 1.82) is 0 Å². The quantitative estimate of drug-likeness (QED) is 0.484. The minimum absolute atomic E-state index is 0.0308. The average molecular weight is 375 g/mol. The third kappa shape index (κ3) is 4.00. The van der Waals surface area contributed by atoms with Crippen LogP contribution < -0.4 is 4.74 Å². The molecule has 0 bridgehead atoms. The normalized spacial score (nSPS) is 12.0. The van der Waals surface area contributed by atoms with Crippen molar-refractivity contribution in [2.45, 2.75) is 17.3 Å². The van der Waals surface area contributed by atoms with E-state index in [0.717, 1.165) is 11.4 Å². The number of Topliss-reactive ketones (excluding diaryl/α,β-unsaturated/α-hetero) is 1. The largest absolute Gasteiger partial charge is 0.497 e. The Hall–Kier alpha value is -2.38. The van der Waals surface area contributed by atoms with Crippen LogP contribution in [0.1, 0.15) is 17.3 Å². The number of carbonyl (C=O) groups excluding carboxylic acids is 1. The summed E-state index contributed by atoms with van der Waals surface area (Å²) in [7, 11) is 1.61. The summed E-state index contributed by atoms with van der Waals surface area (Å²) in [5.41, 5.74) is 1.35. The first-order chi connectivity index (χ1) is 12.1. The predicted octanol–water partition coefficient (Wildman–Crippen LogP) is 3.69. The number of tetrazole rings is 1. The van der Waals surface area contributed by atoms with Gasteiger partial charge in [0.15, 0.2) is 5.78 Å². The lowest BCUT2D eigenvalue weighted by atomic mass is 10.1. The van der Waals surface area contributed by atoms with E-state index in [0.29, 0.717) is 15.7 Å². The third-order valence-corrected chi connectivity index (χ3v) is 4.79. The van der Waals surface area contributed by atoms with Gasteiger partial charge in [-0.2, -0.15) is 4.68 Å². The number of carbonyl (C=O) groups is 1. The second-order valence-corrected chi connectivity index (χ2v) is 6.95. The number of halogens is 1. The molecular formula is C17H15ClN4O2S. The van der Waals surface area contributed by atoms with Gasteiger partial charge in [-0.1, -0.05) is 35.5 Å². The van der Waals surface area contributed by atoms with Crippen LogP contribution in [0.15, 0.2) is 53.7 Å². The molecule has 0 saturated carbocycles. The maximum atomic E-state index is 12.6. The van der Waals surface area contributed by atoms with Crippen molar-refractivity contribution in [2.24, 2.45) is 0 Å². The van der Waals surface area contributed by atoms with Gasteiger partial charge in [0.05, 0.1) is 18.0 Å². The van der Waals surface area contributed by atoms with Gasteiger partial charge in [-0.3, -0.25) is 4.79 Å². The van der Waals surface area contributed by atoms with E-state index in [4.69, 9.17) is 16.3 Å². The molecule has 6 nitrogen and oxygen atoms in total. The number of ether oxygens (including phenoxy) is 1. The van der Waals surface area contributed by atoms with Crippen molar-refractivity contribution in [2.75, 3.05) is 7.11 Å². The van der Waals surface area contributed by atoms with Crippen LogP contribution in [0.4, 0.5) is 0 Å². The summed E-state index contributed by atoms with van der Waals surface area (Å²) in [5, 5.41) is 12.5. The van der Waals surface area contributed by atoms with Crippen LogP contribution in [0.2, 0.25) is 5.02 Å². The Balaban J connectivity index is 1.79. The lowest BCUT2D eigenvalue weighted by Crippen LogP contribution is -2.14. The molecule has 0 saturated heterocycles. The van der Waals surface area contributed by atoms with Gasteiger partial charge < -0.3 is 4.74 Å². The number of hydrogen-bond donors (Lipinski definition) is 0. The monoisotopic (exact) mass is 374 g/mol. The van der Waals surface area contributed by atoms with E-state index in [1.165, 1.54) is 11.8 Å². The molecule has 0 spiro atoms. The number of benzene rings is 2. The van der Waals surface area contributed by atoms with Gasteiger partial charge in [-0.15, -0.1) is 5.10 Å². The molecule has 1 atom stereocenters. The number of methoxy groups -OCH3 is 1. The zero-order valence-electron chi connectivity index (χ0n) is 13.6. The molecule has 0 fully saturated rings. The SMILES string of the molecule is COc1ccc(-n2nnnc2SC(C)C(=O)c2cccc(Cl)c2)cc1. The summed E-state index contributed by atoms with van der Waals surface area (Å²) >= 11 is 7.25. The molecule has 25 heavy (non-hydrogen) atoms. The summed E-state index contributed by atoms with van der Waals surface area (Å²) in [4.78, 5) is 12.6. The molecule has 1 unspecified atom stereocenters. The van der Waals surface area contributed by atoms with Gasteiger partial charge in [-0.05, 0) is 53.7 Å². The van der Waals surface area contributed by atoms with E-state index < -0.39 is 0 Å². The van der Waals surface area contributed by atoms with E-state index in [1.54, 1.807) is 36.1 Å². The minimum atomic E-state index is -0.360. The second-order valence-electron chi connectivity index (χ2n) is 5.21. The molecule has 3 aromatic rings. The number of aromatic nitrogens is 4. The molecule has 0 N–H and O–H groups in total. The van der Waals surface area contributed by atoms with Crippen molar-refractivity contribution in [1.82, 2.24) is 20.2 Å². The molecule has 2 aromatic carbocycles. The topological polar surface area (TPSA) is 69.9 Å². The molecule has 1 aromatic heterocycles. The van der Waals surface area contributed by atoms with Crippen LogP contribution in [0, 0.1) is 0 Å². The summed E-state index contributed by atoms with van der Waals surface area (Å²) in [6.07, 6.45) is 0. The summed E-state index contributed by atoms with van der Waals surface area (Å²) in [6, 6.07) is 14.3. The number of ketones is 1. The fraction of sp³-hybridized carbons (Fsp3) is 0.176. The van der Waals surface area contributed by atoms with Gasteiger partial charge in [0, 0.05) is 10.6 Å². The van der Waals surface area contributed by atoms with E-state index in [-0.39, 0.29) is 11.0 Å². The van der Waals surface area contributed by atoms with Gasteiger partial charge in [0.25, 0.3) is 0 Å². The first-order valence-electron chi connectivity index (χ1n) is 7.47. The Morgan fingerprint density at radius 3 is 2.68 bits per heavy atom. The maximum absolute atomic E-state index is 12.6. The standard InChI is InChI=1S/C17H15ClN4O2S/c1-11(16(23)12-4-3-5-13(18)10-12)25-17-19-20-21-22(17)14-6-8-15(24-2)9-7-14/h3-11H,1-2H3. The molecule has 8 heteroatoms. The van der Waals surface area contributed by atoms with Gasteiger partial charge in [0.2, 0.25) is 5.16 Å². The Labute approximate surface area is 154 Å². The van der Waals surface area contributed by atoms with E-state index in [9.17, 15) is 4.79 Å². The predicted molar refractivity (Wildman–Crippen MR) is 96.8 cm³/mol. The molecule has 0 aliphatic carbocycles. The number of thioether (sulfide) groups is 1. The molecule has 1 heterocycles. The molecular weight excluding hydrogens is 360 g/mol. The third-order valence-electron chi connectivity index (χ3n) is 3.52. The highest BCUT2D eigenvalue weighted by atomic mass is 35.5. The number of rotatable bonds is 6. The highest BCUT2D eigenvalue weighted by molar-refractivity contribution is 8.00. The average Bonchev–Trinajstić information content (AvgIpc) is 3.09. The smallest absolute Gasteiger partial charge is 0.214 e. The van der Waals surface area contributed by atoms with Gasteiger partial charge in [0.1, 0.15) is 5.75 Å². The molecule has 3 rings (SSSR count). The molecule has 0 aliphatic heterocycles. The zero-order valence-corrected chi connectivity index (χ0v) is 15.2. The Morgan fingerprint density at radius 2 is 2.00 bits per heavy atom. The van der Waals surface area contributed by atoms with Gasteiger partial charge >= 0.3 is 0 Å². The fourth-order valence-electron chi connectivity index (χ4n) is 2.23. The first kappa shape index (κ1) is 17.4. The summed E-state index contributed by atoms with van der Waals surface area (Å²) in [5.74, 6) is 0.715. The van der Waals surface area contributed by atoms with Gasteiger partial charge in [-0.25, -0.2) is 0 Å². The number of hydrogen-bond acceptors (Lipinski definition) is 6. The lowest BCUT2D eigenvalue weighted by Gasteiger charge is -2.10. The minimum Gasteiger partial charge on any atom is -0.497 e. The Bertz CT molecular complexity index is 882.